The van der Waals surface area contributed by atoms with Crippen molar-refractivity contribution in [2.75, 3.05) is 47.5 Å². The molecule has 10 nitrogen and oxygen atoms in total. The van der Waals surface area contributed by atoms with E-state index in [1.54, 1.807) is 0 Å². The van der Waals surface area contributed by atoms with Crippen LogP contribution in [-0.2, 0) is 32.7 Å². The molecule has 3 atom stereocenters. The summed E-state index contributed by atoms with van der Waals surface area (Å²) >= 11 is 0. The lowest BCUT2D eigenvalue weighted by atomic mass is 10.1. The molecule has 0 bridgehead atoms. The Balaban J connectivity index is 4.52. The molecule has 0 saturated heterocycles. The number of nitrogens with zero attached hydrogens (tertiary/aromatic N) is 1. The average Bonchev–Trinajstić information content (AvgIpc) is 3.15. The summed E-state index contributed by atoms with van der Waals surface area (Å²) in [5, 5.41) is 10.1. The molecule has 0 aromatic carbocycles. The first-order valence-electron chi connectivity index (χ1n) is 22.5. The standard InChI is InChI=1S/C46H84NO9P/c1-6-8-10-12-14-15-16-17-18-19-20-21-25-29-33-37-45(49)53-41-44(42-55-57(51,52)54-40-39-47(3,4)5)56-46(50)38-34-30-26-23-22-24-28-32-36-43(48)35-31-27-13-11-9-7-2/h17-18,23-24,26,28,32,36,43-44,48H,6-16,19-22,25,27,29-31,33-35,37-42H2,1-5H3/b18-17-,26-23-,28-24-,36-32-. The van der Waals surface area contributed by atoms with Gasteiger partial charge in [-0.15, -0.1) is 0 Å². The smallest absolute Gasteiger partial charge is 0.306 e. The van der Waals surface area contributed by atoms with E-state index in [1.807, 2.05) is 57.6 Å². The van der Waals surface area contributed by atoms with Crippen molar-refractivity contribution in [2.45, 2.75) is 187 Å². The minimum Gasteiger partial charge on any atom is -0.756 e. The normalized spacial score (nSPS) is 14.6. The second-order valence-electron chi connectivity index (χ2n) is 16.3. The van der Waals surface area contributed by atoms with Crippen LogP contribution in [0.25, 0.3) is 0 Å². The number of esters is 2. The number of rotatable bonds is 40. The molecule has 57 heavy (non-hydrogen) atoms. The number of phosphoric acid groups is 1. The number of quaternary nitrogens is 1. The molecule has 0 saturated carbocycles. The summed E-state index contributed by atoms with van der Waals surface area (Å²) in [5.74, 6) is -0.946. The van der Waals surface area contributed by atoms with E-state index in [1.165, 1.54) is 77.0 Å². The van der Waals surface area contributed by atoms with Crippen LogP contribution in [0.3, 0.4) is 0 Å². The molecule has 0 aliphatic rings. The molecule has 0 fully saturated rings. The SMILES string of the molecule is CCCCCCCC/C=C\CCCCCCCC(=O)OCC(COP(=O)([O-])OCC[N+](C)(C)C)OC(=O)CCC/C=C\C/C=C\C=C/C(O)CCCCCCCC. The van der Waals surface area contributed by atoms with Gasteiger partial charge < -0.3 is 33.0 Å². The number of aliphatic hydroxyl groups is 1. The molecule has 332 valence electrons. The van der Waals surface area contributed by atoms with Gasteiger partial charge in [-0.1, -0.05) is 152 Å². The van der Waals surface area contributed by atoms with E-state index in [-0.39, 0.29) is 26.1 Å². The zero-order valence-corrected chi connectivity index (χ0v) is 37.8. The number of aliphatic hydroxyl groups excluding tert-OH is 1. The molecular weight excluding hydrogens is 741 g/mol. The van der Waals surface area contributed by atoms with Crippen molar-refractivity contribution in [3.8, 4) is 0 Å². The number of hydrogen-bond donors (Lipinski definition) is 1. The van der Waals surface area contributed by atoms with Crippen LogP contribution in [0.2, 0.25) is 0 Å². The van der Waals surface area contributed by atoms with E-state index < -0.39 is 38.6 Å². The average molecular weight is 826 g/mol. The van der Waals surface area contributed by atoms with Crippen LogP contribution in [0, 0.1) is 0 Å². The van der Waals surface area contributed by atoms with Crippen LogP contribution >= 0.6 is 7.82 Å². The summed E-state index contributed by atoms with van der Waals surface area (Å²) < 4.78 is 33.8. The third-order valence-corrected chi connectivity index (χ3v) is 10.4. The summed E-state index contributed by atoms with van der Waals surface area (Å²) in [7, 11) is 1.09. The molecule has 0 aromatic rings. The summed E-state index contributed by atoms with van der Waals surface area (Å²) in [6, 6.07) is 0. The zero-order valence-electron chi connectivity index (χ0n) is 36.9. The number of hydrogen-bond acceptors (Lipinski definition) is 9. The predicted molar refractivity (Wildman–Crippen MR) is 233 cm³/mol. The molecule has 11 heteroatoms. The Morgan fingerprint density at radius 1 is 0.649 bits per heavy atom. The van der Waals surface area contributed by atoms with Gasteiger partial charge in [0.05, 0.1) is 33.9 Å². The van der Waals surface area contributed by atoms with Gasteiger partial charge >= 0.3 is 11.9 Å². The van der Waals surface area contributed by atoms with Gasteiger partial charge in [0, 0.05) is 12.8 Å². The molecule has 0 spiro atoms. The van der Waals surface area contributed by atoms with Crippen molar-refractivity contribution in [2.24, 2.45) is 0 Å². The van der Waals surface area contributed by atoms with Crippen LogP contribution in [0.15, 0.2) is 48.6 Å². The van der Waals surface area contributed by atoms with Gasteiger partial charge in [-0.25, -0.2) is 0 Å². The second-order valence-corrected chi connectivity index (χ2v) is 17.7. The van der Waals surface area contributed by atoms with Crippen molar-refractivity contribution in [1.82, 2.24) is 0 Å². The highest BCUT2D eigenvalue weighted by molar-refractivity contribution is 7.45. The topological polar surface area (TPSA) is 131 Å². The first kappa shape index (κ1) is 54.9. The Morgan fingerprint density at radius 3 is 1.82 bits per heavy atom. The molecule has 0 amide bonds. The van der Waals surface area contributed by atoms with Crippen LogP contribution in [0.4, 0.5) is 0 Å². The highest BCUT2D eigenvalue weighted by Crippen LogP contribution is 2.38. The maximum Gasteiger partial charge on any atom is 0.306 e. The number of carbonyl (C=O) groups is 2. The molecule has 0 aliphatic heterocycles. The van der Waals surface area contributed by atoms with Crippen LogP contribution in [0.5, 0.6) is 0 Å². The maximum atomic E-state index is 12.7. The number of phosphoric ester groups is 1. The predicted octanol–water partition coefficient (Wildman–Crippen LogP) is 11.0. The van der Waals surface area contributed by atoms with Crippen molar-refractivity contribution in [3.05, 3.63) is 48.6 Å². The lowest BCUT2D eigenvalue weighted by Gasteiger charge is -2.28. The third kappa shape index (κ3) is 41.9. The molecule has 0 radical (unpaired) electrons. The van der Waals surface area contributed by atoms with Gasteiger partial charge in [-0.05, 0) is 57.8 Å². The van der Waals surface area contributed by atoms with Crippen LogP contribution < -0.4 is 4.89 Å². The van der Waals surface area contributed by atoms with Crippen molar-refractivity contribution in [3.63, 3.8) is 0 Å². The Kier molecular flexibility index (Phi) is 36.8. The third-order valence-electron chi connectivity index (χ3n) is 9.43. The zero-order chi connectivity index (χ0) is 42.3. The fourth-order valence-electron chi connectivity index (χ4n) is 5.83. The van der Waals surface area contributed by atoms with Gasteiger partial charge in [-0.2, -0.15) is 0 Å². The van der Waals surface area contributed by atoms with E-state index in [0.717, 1.165) is 51.4 Å². The quantitative estimate of drug-likeness (QED) is 0.0160. The Bertz CT molecular complexity index is 1130. The summed E-state index contributed by atoms with van der Waals surface area (Å²) in [6.07, 6.45) is 40.2. The molecule has 0 rings (SSSR count). The monoisotopic (exact) mass is 826 g/mol. The molecule has 0 aromatic heterocycles. The van der Waals surface area contributed by atoms with Crippen LogP contribution in [0.1, 0.15) is 174 Å². The van der Waals surface area contributed by atoms with E-state index >= 15 is 0 Å². The lowest BCUT2D eigenvalue weighted by molar-refractivity contribution is -0.870. The Morgan fingerprint density at radius 2 is 1.19 bits per heavy atom. The van der Waals surface area contributed by atoms with E-state index in [0.29, 0.717) is 30.3 Å². The van der Waals surface area contributed by atoms with Crippen molar-refractivity contribution in [1.29, 1.82) is 0 Å². The van der Waals surface area contributed by atoms with Crippen LogP contribution in [-0.4, -0.2) is 81.2 Å². The largest absolute Gasteiger partial charge is 0.756 e. The summed E-state index contributed by atoms with van der Waals surface area (Å²) in [5.41, 5.74) is 0. The number of likely N-dealkylation sites (N-methyl/N-ethyl adjacent to an activating group) is 1. The minimum absolute atomic E-state index is 0.0535. The number of ether oxygens (including phenoxy) is 2. The van der Waals surface area contributed by atoms with Gasteiger partial charge in [0.15, 0.2) is 6.10 Å². The lowest BCUT2D eigenvalue weighted by Crippen LogP contribution is -2.37. The van der Waals surface area contributed by atoms with E-state index in [4.69, 9.17) is 18.5 Å². The van der Waals surface area contributed by atoms with E-state index in [2.05, 4.69) is 26.0 Å². The first-order valence-corrected chi connectivity index (χ1v) is 23.9. The molecule has 0 aliphatic carbocycles. The molecular formula is C46H84NO9P. The number of unbranched alkanes of at least 4 members (excludes halogenated alkanes) is 17. The maximum absolute atomic E-state index is 12.7. The number of allylic oxidation sites excluding steroid dienone is 7. The first-order chi connectivity index (χ1) is 27.4. The molecule has 0 heterocycles. The Labute approximate surface area is 348 Å². The van der Waals surface area contributed by atoms with E-state index in [9.17, 15) is 24.2 Å². The fourth-order valence-corrected chi connectivity index (χ4v) is 6.56. The van der Waals surface area contributed by atoms with Gasteiger partial charge in [0.25, 0.3) is 7.82 Å². The fraction of sp³-hybridized carbons (Fsp3) is 0.783. The van der Waals surface area contributed by atoms with Gasteiger partial charge in [0.2, 0.25) is 0 Å². The van der Waals surface area contributed by atoms with Crippen molar-refractivity contribution >= 4 is 19.8 Å². The highest BCUT2D eigenvalue weighted by Gasteiger charge is 2.21. The summed E-state index contributed by atoms with van der Waals surface area (Å²) in [4.78, 5) is 37.5. The minimum atomic E-state index is -4.66. The molecule has 1 N–H and O–H groups in total. The van der Waals surface area contributed by atoms with Gasteiger partial charge in [0.1, 0.15) is 19.8 Å². The van der Waals surface area contributed by atoms with Gasteiger partial charge in [-0.3, -0.25) is 14.2 Å². The Hall–Kier alpha value is -2.07. The number of carbonyl (C=O) groups excluding carboxylic acids is 2. The molecule has 3 unspecified atom stereocenters. The summed E-state index contributed by atoms with van der Waals surface area (Å²) in [6.45, 7) is 4.05. The van der Waals surface area contributed by atoms with Crippen molar-refractivity contribution < 1.29 is 47.2 Å². The highest BCUT2D eigenvalue weighted by atomic mass is 31.2. The second kappa shape index (κ2) is 38.2.